The lowest BCUT2D eigenvalue weighted by atomic mass is 9.98. The number of carbonyl (C=O) groups excluding carboxylic acids is 1. The number of amides is 1. The lowest BCUT2D eigenvalue weighted by Gasteiger charge is -2.22. The highest BCUT2D eigenvalue weighted by Gasteiger charge is 2.16. The van der Waals surface area contributed by atoms with E-state index in [1.165, 1.54) is 5.56 Å². The number of nitrogens with one attached hydrogen (secondary N) is 2. The summed E-state index contributed by atoms with van der Waals surface area (Å²) in [4.78, 5) is 11.9. The predicted octanol–water partition coefficient (Wildman–Crippen LogP) is 2.39. The van der Waals surface area contributed by atoms with Crippen molar-refractivity contribution in [3.05, 3.63) is 35.9 Å². The van der Waals surface area contributed by atoms with Gasteiger partial charge in [0.25, 0.3) is 0 Å². The van der Waals surface area contributed by atoms with Crippen LogP contribution in [0.1, 0.15) is 31.2 Å². The summed E-state index contributed by atoms with van der Waals surface area (Å²) in [6, 6.07) is 10.8. The van der Waals surface area contributed by atoms with E-state index in [0.29, 0.717) is 18.4 Å². The van der Waals surface area contributed by atoms with Crippen LogP contribution >= 0.6 is 11.8 Å². The Balaban J connectivity index is 1.63. The first-order valence-corrected chi connectivity index (χ1v) is 8.54. The van der Waals surface area contributed by atoms with Crippen molar-refractivity contribution in [1.82, 2.24) is 10.6 Å². The van der Waals surface area contributed by atoms with Gasteiger partial charge >= 0.3 is 0 Å². The molecule has 20 heavy (non-hydrogen) atoms. The van der Waals surface area contributed by atoms with E-state index in [9.17, 15) is 4.79 Å². The molecule has 0 bridgehead atoms. The maximum Gasteiger partial charge on any atom is 0.221 e. The minimum atomic E-state index is 0.172. The van der Waals surface area contributed by atoms with Gasteiger partial charge in [-0.15, -0.1) is 0 Å². The first kappa shape index (κ1) is 15.4. The number of hydrogen-bond acceptors (Lipinski definition) is 3. The quantitative estimate of drug-likeness (QED) is 0.846. The second-order valence-corrected chi connectivity index (χ2v) is 6.53. The smallest absolute Gasteiger partial charge is 0.221 e. The summed E-state index contributed by atoms with van der Waals surface area (Å²) >= 11 is 1.93. The molecule has 2 rings (SSSR count). The van der Waals surface area contributed by atoms with Crippen LogP contribution in [0.3, 0.4) is 0 Å². The van der Waals surface area contributed by atoms with Crippen molar-refractivity contribution < 1.29 is 4.79 Å². The number of rotatable bonds is 6. The Morgan fingerprint density at radius 1 is 1.45 bits per heavy atom. The molecule has 2 unspecified atom stereocenters. The minimum Gasteiger partial charge on any atom is -0.356 e. The van der Waals surface area contributed by atoms with E-state index in [4.69, 9.17) is 0 Å². The Morgan fingerprint density at radius 3 is 2.95 bits per heavy atom. The molecule has 4 heteroatoms. The molecular formula is C16H24N2OS. The highest BCUT2D eigenvalue weighted by molar-refractivity contribution is 7.99. The van der Waals surface area contributed by atoms with Crippen LogP contribution in [-0.4, -0.2) is 36.5 Å². The molecule has 110 valence electrons. The summed E-state index contributed by atoms with van der Waals surface area (Å²) in [5.74, 6) is 2.87. The van der Waals surface area contributed by atoms with Crippen LogP contribution in [0, 0.1) is 0 Å². The molecule has 0 saturated carbocycles. The van der Waals surface area contributed by atoms with E-state index >= 15 is 0 Å². The number of carbonyl (C=O) groups is 1. The minimum absolute atomic E-state index is 0.172. The molecule has 1 aromatic carbocycles. The maximum atomic E-state index is 11.9. The molecule has 1 aromatic rings. The molecule has 1 fully saturated rings. The Morgan fingerprint density at radius 2 is 2.25 bits per heavy atom. The number of benzene rings is 1. The molecule has 1 saturated heterocycles. The van der Waals surface area contributed by atoms with Gasteiger partial charge in [-0.1, -0.05) is 37.3 Å². The van der Waals surface area contributed by atoms with Crippen molar-refractivity contribution in [2.75, 3.05) is 24.6 Å². The standard InChI is InChI=1S/C16H24N2OS/c1-13(14-5-3-2-4-6-14)7-8-18-16(19)11-15-12-20-10-9-17-15/h2-6,13,15,17H,7-12H2,1H3,(H,18,19). The zero-order chi connectivity index (χ0) is 14.2. The van der Waals surface area contributed by atoms with Crippen LogP contribution in [0.25, 0.3) is 0 Å². The van der Waals surface area contributed by atoms with Crippen LogP contribution < -0.4 is 10.6 Å². The van der Waals surface area contributed by atoms with Crippen LogP contribution in [0.4, 0.5) is 0 Å². The molecule has 0 aliphatic carbocycles. The van der Waals surface area contributed by atoms with Crippen molar-refractivity contribution in [2.45, 2.75) is 31.7 Å². The van der Waals surface area contributed by atoms with Gasteiger partial charge in [0, 0.05) is 37.1 Å². The van der Waals surface area contributed by atoms with Gasteiger partial charge in [-0.05, 0) is 17.9 Å². The van der Waals surface area contributed by atoms with Gasteiger partial charge in [-0.25, -0.2) is 0 Å². The second-order valence-electron chi connectivity index (χ2n) is 5.38. The SMILES string of the molecule is CC(CCNC(=O)CC1CSCCN1)c1ccccc1. The number of hydrogen-bond donors (Lipinski definition) is 2. The zero-order valence-corrected chi connectivity index (χ0v) is 12.9. The second kappa shape index (κ2) is 8.32. The first-order chi connectivity index (χ1) is 9.75. The molecule has 2 atom stereocenters. The Labute approximate surface area is 125 Å². The zero-order valence-electron chi connectivity index (χ0n) is 12.1. The Hall–Kier alpha value is -1.00. The summed E-state index contributed by atoms with van der Waals surface area (Å²) in [7, 11) is 0. The molecule has 1 aliphatic rings. The van der Waals surface area contributed by atoms with Crippen molar-refractivity contribution in [1.29, 1.82) is 0 Å². The van der Waals surface area contributed by atoms with E-state index < -0.39 is 0 Å². The van der Waals surface area contributed by atoms with E-state index in [-0.39, 0.29) is 5.91 Å². The third-order valence-corrected chi connectivity index (χ3v) is 4.83. The van der Waals surface area contributed by atoms with Crippen LogP contribution in [-0.2, 0) is 4.79 Å². The Bertz CT molecular complexity index is 404. The normalized spacial score (nSPS) is 20.4. The van der Waals surface area contributed by atoms with E-state index in [1.54, 1.807) is 0 Å². The lowest BCUT2D eigenvalue weighted by Crippen LogP contribution is -2.41. The molecule has 1 amide bonds. The van der Waals surface area contributed by atoms with Crippen LogP contribution in [0.15, 0.2) is 30.3 Å². The van der Waals surface area contributed by atoms with Crippen molar-refractivity contribution in [3.8, 4) is 0 Å². The molecule has 0 aromatic heterocycles. The maximum absolute atomic E-state index is 11.9. The van der Waals surface area contributed by atoms with E-state index in [2.05, 4.69) is 41.8 Å². The molecule has 0 spiro atoms. The van der Waals surface area contributed by atoms with Crippen LogP contribution in [0.5, 0.6) is 0 Å². The summed E-state index contributed by atoms with van der Waals surface area (Å²) in [5.41, 5.74) is 1.34. The highest BCUT2D eigenvalue weighted by Crippen LogP contribution is 2.17. The molecule has 1 heterocycles. The van der Waals surface area contributed by atoms with E-state index in [0.717, 1.165) is 31.0 Å². The van der Waals surface area contributed by atoms with E-state index in [1.807, 2.05) is 17.8 Å². The average Bonchev–Trinajstić information content (AvgIpc) is 2.49. The topological polar surface area (TPSA) is 41.1 Å². The largest absolute Gasteiger partial charge is 0.356 e. The molecule has 1 aliphatic heterocycles. The fourth-order valence-corrected chi connectivity index (χ4v) is 3.37. The summed E-state index contributed by atoms with van der Waals surface area (Å²) in [5, 5.41) is 6.44. The molecule has 2 N–H and O–H groups in total. The van der Waals surface area contributed by atoms with Crippen molar-refractivity contribution in [2.24, 2.45) is 0 Å². The lowest BCUT2D eigenvalue weighted by molar-refractivity contribution is -0.121. The highest BCUT2D eigenvalue weighted by atomic mass is 32.2. The molecular weight excluding hydrogens is 268 g/mol. The summed E-state index contributed by atoms with van der Waals surface area (Å²) in [6.45, 7) is 3.99. The van der Waals surface area contributed by atoms with Crippen molar-refractivity contribution >= 4 is 17.7 Å². The summed E-state index contributed by atoms with van der Waals surface area (Å²) < 4.78 is 0. The van der Waals surface area contributed by atoms with Gasteiger partial charge < -0.3 is 10.6 Å². The van der Waals surface area contributed by atoms with Gasteiger partial charge in [0.2, 0.25) is 5.91 Å². The molecule has 0 radical (unpaired) electrons. The average molecular weight is 292 g/mol. The van der Waals surface area contributed by atoms with Gasteiger partial charge in [-0.3, -0.25) is 4.79 Å². The predicted molar refractivity (Wildman–Crippen MR) is 86.2 cm³/mol. The third kappa shape index (κ3) is 5.17. The summed E-state index contributed by atoms with van der Waals surface area (Å²) in [6.07, 6.45) is 1.59. The fourth-order valence-electron chi connectivity index (χ4n) is 2.42. The van der Waals surface area contributed by atoms with Gasteiger partial charge in [0.15, 0.2) is 0 Å². The number of thioether (sulfide) groups is 1. The molecule has 3 nitrogen and oxygen atoms in total. The van der Waals surface area contributed by atoms with Gasteiger partial charge in [-0.2, -0.15) is 11.8 Å². The van der Waals surface area contributed by atoms with Gasteiger partial charge in [0.05, 0.1) is 0 Å². The first-order valence-electron chi connectivity index (χ1n) is 7.38. The third-order valence-electron chi connectivity index (χ3n) is 3.70. The monoisotopic (exact) mass is 292 g/mol. The van der Waals surface area contributed by atoms with Crippen LogP contribution in [0.2, 0.25) is 0 Å². The fraction of sp³-hybridized carbons (Fsp3) is 0.562. The van der Waals surface area contributed by atoms with Gasteiger partial charge in [0.1, 0.15) is 0 Å². The Kier molecular flexibility index (Phi) is 6.40. The van der Waals surface area contributed by atoms with Crippen molar-refractivity contribution in [3.63, 3.8) is 0 Å².